The van der Waals surface area contributed by atoms with Crippen LogP contribution in [0.25, 0.3) is 10.4 Å². The monoisotopic (exact) mass is 328 g/mol. The van der Waals surface area contributed by atoms with Gasteiger partial charge in [-0.3, -0.25) is 8.70 Å². The van der Waals surface area contributed by atoms with Gasteiger partial charge >= 0.3 is 0 Å². The Morgan fingerprint density at radius 1 is 1.45 bits per heavy atom. The summed E-state index contributed by atoms with van der Waals surface area (Å²) in [5.74, 6) is 0.149. The molecule has 22 heavy (non-hydrogen) atoms. The number of rotatable bonds is 6. The Morgan fingerprint density at radius 2 is 2.14 bits per heavy atom. The molecule has 2 rings (SSSR count). The molecule has 0 aliphatic carbocycles. The first-order valence-corrected chi connectivity index (χ1v) is 8.37. The van der Waals surface area contributed by atoms with Crippen LogP contribution in [0.2, 0.25) is 0 Å². The zero-order valence-electron chi connectivity index (χ0n) is 12.1. The topological polar surface area (TPSA) is 95.4 Å². The molecule has 1 fully saturated rings. The lowest BCUT2D eigenvalue weighted by molar-refractivity contribution is 0.0722. The smallest absolute Gasteiger partial charge is 0.235 e. The molecule has 1 saturated heterocycles. The van der Waals surface area contributed by atoms with E-state index in [1.807, 2.05) is 0 Å². The van der Waals surface area contributed by atoms with Crippen LogP contribution in [0.4, 0.5) is 10.1 Å². The number of sulfonamides is 1. The first-order valence-electron chi connectivity index (χ1n) is 6.77. The minimum Gasteiger partial charge on any atom is -0.376 e. The van der Waals surface area contributed by atoms with E-state index in [0.29, 0.717) is 24.2 Å². The van der Waals surface area contributed by atoms with Gasteiger partial charge in [0.1, 0.15) is 6.67 Å². The largest absolute Gasteiger partial charge is 0.376 e. The number of anilines is 1. The number of methoxy groups -OCH3 is 1. The van der Waals surface area contributed by atoms with Crippen LogP contribution in [-0.4, -0.2) is 40.5 Å². The predicted molar refractivity (Wildman–Crippen MR) is 80.9 cm³/mol. The average Bonchev–Trinajstić information content (AvgIpc) is 2.87. The van der Waals surface area contributed by atoms with E-state index >= 15 is 0 Å². The van der Waals surface area contributed by atoms with Crippen molar-refractivity contribution in [1.29, 1.82) is 0 Å². The third-order valence-electron chi connectivity index (χ3n) is 3.57. The third-order valence-corrected chi connectivity index (χ3v) is 5.44. The fourth-order valence-corrected chi connectivity index (χ4v) is 4.08. The van der Waals surface area contributed by atoms with Gasteiger partial charge in [-0.2, -0.15) is 0 Å². The van der Waals surface area contributed by atoms with Crippen molar-refractivity contribution in [3.8, 4) is 0 Å². The van der Waals surface area contributed by atoms with E-state index in [2.05, 4.69) is 10.0 Å². The Hall–Kier alpha value is -1.83. The SMILES string of the molecule is CO[C@H](c1ccc(N2CCCS2(=O)=O)cc1)C(CF)N=[N+]=[N-]. The maximum Gasteiger partial charge on any atom is 0.235 e. The van der Waals surface area contributed by atoms with Gasteiger partial charge in [0.2, 0.25) is 10.0 Å². The highest BCUT2D eigenvalue weighted by Gasteiger charge is 2.29. The van der Waals surface area contributed by atoms with E-state index in [1.165, 1.54) is 11.4 Å². The third kappa shape index (κ3) is 3.32. The summed E-state index contributed by atoms with van der Waals surface area (Å²) in [7, 11) is -1.83. The van der Waals surface area contributed by atoms with E-state index in [9.17, 15) is 12.8 Å². The lowest BCUT2D eigenvalue weighted by atomic mass is 10.0. The summed E-state index contributed by atoms with van der Waals surface area (Å²) in [6.07, 6.45) is -0.115. The van der Waals surface area contributed by atoms with Crippen LogP contribution in [0.15, 0.2) is 29.4 Å². The van der Waals surface area contributed by atoms with Crippen LogP contribution in [0.3, 0.4) is 0 Å². The second-order valence-corrected chi connectivity index (χ2v) is 6.93. The maximum absolute atomic E-state index is 13.0. The van der Waals surface area contributed by atoms with Crippen molar-refractivity contribution in [2.45, 2.75) is 18.6 Å². The van der Waals surface area contributed by atoms with Crippen molar-refractivity contribution >= 4 is 15.7 Å². The summed E-state index contributed by atoms with van der Waals surface area (Å²) < 4.78 is 43.3. The van der Waals surface area contributed by atoms with Crippen LogP contribution in [0, 0.1) is 0 Å². The van der Waals surface area contributed by atoms with Gasteiger partial charge in [0.25, 0.3) is 0 Å². The van der Waals surface area contributed by atoms with Crippen LogP contribution >= 0.6 is 0 Å². The summed E-state index contributed by atoms with van der Waals surface area (Å²) in [5.41, 5.74) is 9.66. The summed E-state index contributed by atoms with van der Waals surface area (Å²) in [6.45, 7) is -0.383. The molecule has 0 radical (unpaired) electrons. The molecule has 1 unspecified atom stereocenters. The molecular formula is C13H17FN4O3S. The zero-order chi connectivity index (χ0) is 16.2. The molecule has 1 aliphatic heterocycles. The van der Waals surface area contributed by atoms with E-state index in [-0.39, 0.29) is 5.75 Å². The normalized spacial score (nSPS) is 19.5. The molecule has 0 saturated carbocycles. The molecule has 0 bridgehead atoms. The zero-order valence-corrected chi connectivity index (χ0v) is 12.9. The summed E-state index contributed by atoms with van der Waals surface area (Å²) >= 11 is 0. The molecule has 0 amide bonds. The van der Waals surface area contributed by atoms with E-state index in [0.717, 1.165) is 0 Å². The molecular weight excluding hydrogens is 311 g/mol. The van der Waals surface area contributed by atoms with Gasteiger partial charge in [-0.15, -0.1) is 0 Å². The van der Waals surface area contributed by atoms with Gasteiger partial charge in [0, 0.05) is 18.6 Å². The summed E-state index contributed by atoms with van der Waals surface area (Å²) in [6, 6.07) is 5.65. The van der Waals surface area contributed by atoms with Gasteiger partial charge < -0.3 is 4.74 Å². The van der Waals surface area contributed by atoms with Crippen LogP contribution in [0.5, 0.6) is 0 Å². The minimum absolute atomic E-state index is 0.149. The first-order chi connectivity index (χ1) is 10.5. The Bertz CT molecular complexity index is 658. The van der Waals surface area contributed by atoms with Gasteiger partial charge in [-0.25, -0.2) is 8.42 Å². The molecule has 1 aromatic carbocycles. The van der Waals surface area contributed by atoms with E-state index in [4.69, 9.17) is 10.3 Å². The highest BCUT2D eigenvalue weighted by atomic mass is 32.2. The molecule has 0 aromatic heterocycles. The first kappa shape index (κ1) is 16.5. The molecule has 1 aromatic rings. The number of hydrogen-bond donors (Lipinski definition) is 0. The Kier molecular flexibility index (Phi) is 5.23. The molecule has 1 aliphatic rings. The lowest BCUT2D eigenvalue weighted by Gasteiger charge is -2.22. The molecule has 2 atom stereocenters. The highest BCUT2D eigenvalue weighted by Crippen LogP contribution is 2.28. The average molecular weight is 328 g/mol. The van der Waals surface area contributed by atoms with E-state index < -0.39 is 28.8 Å². The number of azide groups is 1. The van der Waals surface area contributed by atoms with E-state index in [1.54, 1.807) is 24.3 Å². The Balaban J connectivity index is 2.25. The van der Waals surface area contributed by atoms with Crippen molar-refractivity contribution in [1.82, 2.24) is 0 Å². The number of nitrogens with zero attached hydrogens (tertiary/aromatic N) is 4. The highest BCUT2D eigenvalue weighted by molar-refractivity contribution is 7.93. The summed E-state index contributed by atoms with van der Waals surface area (Å²) in [4.78, 5) is 2.62. The van der Waals surface area contributed by atoms with Crippen LogP contribution in [0.1, 0.15) is 18.1 Å². The second kappa shape index (κ2) is 6.95. The van der Waals surface area contributed by atoms with Gasteiger partial charge in [-0.1, -0.05) is 17.2 Å². The van der Waals surface area contributed by atoms with Crippen molar-refractivity contribution in [2.24, 2.45) is 5.11 Å². The van der Waals surface area contributed by atoms with Crippen molar-refractivity contribution < 1.29 is 17.5 Å². The predicted octanol–water partition coefficient (Wildman–Crippen LogP) is 2.56. The van der Waals surface area contributed by atoms with Crippen molar-refractivity contribution in [3.05, 3.63) is 40.3 Å². The van der Waals surface area contributed by atoms with Crippen molar-refractivity contribution in [2.75, 3.05) is 30.4 Å². The minimum atomic E-state index is -3.23. The van der Waals surface area contributed by atoms with Gasteiger partial charge in [0.15, 0.2) is 0 Å². The Labute approximate surface area is 128 Å². The van der Waals surface area contributed by atoms with Gasteiger partial charge in [0.05, 0.1) is 23.6 Å². The lowest BCUT2D eigenvalue weighted by Crippen LogP contribution is -2.25. The standard InChI is InChI=1S/C13H17FN4O3S/c1-21-13(12(9-14)16-17-15)10-3-5-11(6-4-10)18-7-2-8-22(18,19)20/h3-6,12-13H,2,7-9H2,1H3/t12?,13-/m1/s1. The Morgan fingerprint density at radius 3 is 2.59 bits per heavy atom. The molecule has 1 heterocycles. The quantitative estimate of drug-likeness (QED) is 0.456. The number of ether oxygens (including phenoxy) is 1. The second-order valence-electron chi connectivity index (χ2n) is 4.92. The number of alkyl halides is 1. The molecule has 0 N–H and O–H groups in total. The van der Waals surface area contributed by atoms with Gasteiger partial charge in [-0.05, 0) is 29.6 Å². The molecule has 7 nitrogen and oxygen atoms in total. The number of halogens is 1. The number of benzene rings is 1. The summed E-state index contributed by atoms with van der Waals surface area (Å²) in [5, 5.41) is 3.39. The molecule has 0 spiro atoms. The maximum atomic E-state index is 13.0. The van der Waals surface area contributed by atoms with Crippen LogP contribution < -0.4 is 4.31 Å². The van der Waals surface area contributed by atoms with Crippen molar-refractivity contribution in [3.63, 3.8) is 0 Å². The number of hydrogen-bond acceptors (Lipinski definition) is 4. The fourth-order valence-electron chi connectivity index (χ4n) is 2.51. The molecule has 9 heteroatoms. The molecule has 120 valence electrons. The fraction of sp³-hybridized carbons (Fsp3) is 0.538. The van der Waals surface area contributed by atoms with Crippen LogP contribution in [-0.2, 0) is 14.8 Å².